The van der Waals surface area contributed by atoms with Crippen molar-refractivity contribution in [2.24, 2.45) is 5.92 Å². The van der Waals surface area contributed by atoms with Crippen molar-refractivity contribution in [1.82, 2.24) is 0 Å². The predicted molar refractivity (Wildman–Crippen MR) is 136 cm³/mol. The van der Waals surface area contributed by atoms with Crippen LogP contribution in [-0.4, -0.2) is 26.5 Å². The first-order chi connectivity index (χ1) is 16.7. The van der Waals surface area contributed by atoms with Crippen LogP contribution in [0.1, 0.15) is 47.9 Å². The minimum absolute atomic E-state index is 0.193. The monoisotopic (exact) mass is 455 g/mol. The molecule has 3 aromatic rings. The van der Waals surface area contributed by atoms with E-state index in [-0.39, 0.29) is 11.7 Å². The van der Waals surface area contributed by atoms with Crippen molar-refractivity contribution in [2.45, 2.75) is 32.1 Å². The highest BCUT2D eigenvalue weighted by Crippen LogP contribution is 2.41. The van der Waals surface area contributed by atoms with Crippen LogP contribution in [0.5, 0.6) is 5.75 Å². The Morgan fingerprint density at radius 3 is 2.29 bits per heavy atom. The summed E-state index contributed by atoms with van der Waals surface area (Å²) < 4.78 is 19.2. The number of aryl methyl sites for hydroxylation is 1. The number of allylic oxidation sites excluding steroid dienone is 1. The Balaban J connectivity index is 1.57. The summed E-state index contributed by atoms with van der Waals surface area (Å²) in [5.74, 6) is 0.850. The van der Waals surface area contributed by atoms with Crippen molar-refractivity contribution in [3.8, 4) is 5.75 Å². The molecule has 1 fully saturated rings. The van der Waals surface area contributed by atoms with E-state index >= 15 is 0 Å². The largest absolute Gasteiger partial charge is 0.497 e. The Labute approximate surface area is 200 Å². The van der Waals surface area contributed by atoms with Gasteiger partial charge in [-0.25, -0.2) is 4.39 Å². The molecule has 1 aliphatic heterocycles. The standard InChI is InChI=1S/C30H30FNO2/c1-34-27-13-14-29-24(19-27)3-2-4-28(22-5-9-25(31)10-6-22)30(29)23-7-11-26(12-8-23)32-17-15-21(20-33)16-18-32/h5-14,19-21H,2-4,15-18H2,1H3. The lowest BCUT2D eigenvalue weighted by atomic mass is 9.87. The number of benzene rings is 3. The number of fused-ring (bicyclic) bond motifs is 1. The van der Waals surface area contributed by atoms with E-state index in [2.05, 4.69) is 41.3 Å². The Morgan fingerprint density at radius 1 is 0.912 bits per heavy atom. The van der Waals surface area contributed by atoms with Gasteiger partial charge in [0.15, 0.2) is 0 Å². The fourth-order valence-electron chi connectivity index (χ4n) is 5.29. The highest BCUT2D eigenvalue weighted by Gasteiger charge is 2.22. The fourth-order valence-corrected chi connectivity index (χ4v) is 5.29. The molecule has 4 heteroatoms. The second-order valence-electron chi connectivity index (χ2n) is 9.24. The van der Waals surface area contributed by atoms with Gasteiger partial charge in [-0.05, 0) is 102 Å². The highest BCUT2D eigenvalue weighted by atomic mass is 19.1. The number of nitrogens with zero attached hydrogens (tertiary/aromatic N) is 1. The third-order valence-corrected chi connectivity index (χ3v) is 7.20. The van der Waals surface area contributed by atoms with E-state index in [1.807, 2.05) is 18.2 Å². The molecule has 1 saturated heterocycles. The molecule has 1 aliphatic carbocycles. The summed E-state index contributed by atoms with van der Waals surface area (Å²) in [6.45, 7) is 1.82. The van der Waals surface area contributed by atoms with Crippen molar-refractivity contribution in [1.29, 1.82) is 0 Å². The van der Waals surface area contributed by atoms with Crippen molar-refractivity contribution in [3.05, 3.63) is 94.8 Å². The van der Waals surface area contributed by atoms with E-state index in [1.165, 1.54) is 33.5 Å². The predicted octanol–water partition coefficient (Wildman–Crippen LogP) is 6.55. The molecular formula is C30H30FNO2. The van der Waals surface area contributed by atoms with Crippen molar-refractivity contribution >= 4 is 23.1 Å². The average molecular weight is 456 g/mol. The maximum Gasteiger partial charge on any atom is 0.123 e. The molecule has 0 bridgehead atoms. The molecule has 34 heavy (non-hydrogen) atoms. The zero-order valence-electron chi connectivity index (χ0n) is 19.6. The number of rotatable bonds is 5. The summed E-state index contributed by atoms with van der Waals surface area (Å²) in [5.41, 5.74) is 8.40. The van der Waals surface area contributed by atoms with E-state index in [1.54, 1.807) is 19.2 Å². The number of carbonyl (C=O) groups excluding carboxylic acids is 1. The molecule has 3 nitrogen and oxygen atoms in total. The van der Waals surface area contributed by atoms with Crippen LogP contribution >= 0.6 is 0 Å². The molecule has 5 rings (SSSR count). The summed E-state index contributed by atoms with van der Waals surface area (Å²) in [6, 6.07) is 22.0. The quantitative estimate of drug-likeness (QED) is 0.409. The molecule has 0 amide bonds. The second-order valence-corrected chi connectivity index (χ2v) is 9.24. The molecule has 0 spiro atoms. The maximum absolute atomic E-state index is 13.7. The molecule has 0 radical (unpaired) electrons. The number of piperidine rings is 1. The molecule has 0 atom stereocenters. The summed E-state index contributed by atoms with van der Waals surface area (Å²) in [6.07, 6.45) is 5.87. The first kappa shape index (κ1) is 22.4. The Bertz CT molecular complexity index is 1190. The molecule has 2 aliphatic rings. The van der Waals surface area contributed by atoms with Crippen LogP contribution in [0.4, 0.5) is 10.1 Å². The van der Waals surface area contributed by atoms with E-state index in [4.69, 9.17) is 4.74 Å². The lowest BCUT2D eigenvalue weighted by Crippen LogP contribution is -2.34. The topological polar surface area (TPSA) is 29.5 Å². The van der Waals surface area contributed by atoms with Gasteiger partial charge in [-0.1, -0.05) is 30.3 Å². The first-order valence-electron chi connectivity index (χ1n) is 12.1. The lowest BCUT2D eigenvalue weighted by molar-refractivity contribution is -0.111. The van der Waals surface area contributed by atoms with Gasteiger partial charge in [0.2, 0.25) is 0 Å². The van der Waals surface area contributed by atoms with Gasteiger partial charge in [0.1, 0.15) is 17.9 Å². The molecule has 0 saturated carbocycles. The van der Waals surface area contributed by atoms with Crippen LogP contribution in [-0.2, 0) is 11.2 Å². The summed E-state index contributed by atoms with van der Waals surface area (Å²) in [4.78, 5) is 13.5. The highest BCUT2D eigenvalue weighted by molar-refractivity contribution is 6.00. The van der Waals surface area contributed by atoms with Crippen molar-refractivity contribution in [3.63, 3.8) is 0 Å². The molecule has 174 valence electrons. The SMILES string of the molecule is COc1ccc2c(c1)CCCC(c1ccc(F)cc1)=C2c1ccc(N2CCC(C=O)CC2)cc1. The number of aldehydes is 1. The van der Waals surface area contributed by atoms with Gasteiger partial charge >= 0.3 is 0 Å². The molecule has 3 aromatic carbocycles. The van der Waals surface area contributed by atoms with E-state index < -0.39 is 0 Å². The van der Waals surface area contributed by atoms with Crippen LogP contribution in [0.25, 0.3) is 11.1 Å². The van der Waals surface area contributed by atoms with Crippen LogP contribution < -0.4 is 9.64 Å². The normalized spacial score (nSPS) is 16.7. The molecule has 1 heterocycles. The van der Waals surface area contributed by atoms with Gasteiger partial charge in [-0.15, -0.1) is 0 Å². The van der Waals surface area contributed by atoms with E-state index in [0.29, 0.717) is 0 Å². The number of methoxy groups -OCH3 is 1. The van der Waals surface area contributed by atoms with Crippen molar-refractivity contribution < 1.29 is 13.9 Å². The van der Waals surface area contributed by atoms with Gasteiger partial charge < -0.3 is 14.4 Å². The summed E-state index contributed by atoms with van der Waals surface area (Å²) in [5, 5.41) is 0. The molecular weight excluding hydrogens is 425 g/mol. The smallest absolute Gasteiger partial charge is 0.123 e. The third-order valence-electron chi connectivity index (χ3n) is 7.20. The van der Waals surface area contributed by atoms with Gasteiger partial charge in [0.25, 0.3) is 0 Å². The van der Waals surface area contributed by atoms with E-state index in [9.17, 15) is 9.18 Å². The number of ether oxygens (including phenoxy) is 1. The Kier molecular flexibility index (Phi) is 6.48. The van der Waals surface area contributed by atoms with Gasteiger partial charge in [-0.2, -0.15) is 0 Å². The molecule has 0 unspecified atom stereocenters. The van der Waals surface area contributed by atoms with Gasteiger partial charge in [0, 0.05) is 24.7 Å². The minimum Gasteiger partial charge on any atom is -0.497 e. The summed E-state index contributed by atoms with van der Waals surface area (Å²) >= 11 is 0. The van der Waals surface area contributed by atoms with Crippen molar-refractivity contribution in [2.75, 3.05) is 25.1 Å². The third kappa shape index (κ3) is 4.50. The number of hydrogen-bond acceptors (Lipinski definition) is 3. The zero-order chi connectivity index (χ0) is 23.5. The van der Waals surface area contributed by atoms with Gasteiger partial charge in [-0.3, -0.25) is 0 Å². The van der Waals surface area contributed by atoms with Gasteiger partial charge in [0.05, 0.1) is 7.11 Å². The average Bonchev–Trinajstić information content (AvgIpc) is 3.08. The number of carbonyl (C=O) groups is 1. The Hall–Kier alpha value is -3.40. The number of anilines is 1. The summed E-state index contributed by atoms with van der Waals surface area (Å²) in [7, 11) is 1.70. The maximum atomic E-state index is 13.7. The molecule has 0 aromatic heterocycles. The minimum atomic E-state index is -0.215. The number of hydrogen-bond donors (Lipinski definition) is 0. The zero-order valence-corrected chi connectivity index (χ0v) is 19.6. The first-order valence-corrected chi connectivity index (χ1v) is 12.1. The van der Waals surface area contributed by atoms with Crippen LogP contribution in [0, 0.1) is 11.7 Å². The van der Waals surface area contributed by atoms with Crippen LogP contribution in [0.2, 0.25) is 0 Å². The Morgan fingerprint density at radius 2 is 1.62 bits per heavy atom. The van der Waals surface area contributed by atoms with E-state index in [0.717, 1.165) is 62.8 Å². The lowest BCUT2D eigenvalue weighted by Gasteiger charge is -2.31. The fraction of sp³-hybridized carbons (Fsp3) is 0.300. The van der Waals surface area contributed by atoms with Crippen LogP contribution in [0.3, 0.4) is 0 Å². The second kappa shape index (κ2) is 9.84. The van der Waals surface area contributed by atoms with Crippen LogP contribution in [0.15, 0.2) is 66.7 Å². The molecule has 0 N–H and O–H groups in total. The number of halogens is 1.